The number of hydrogen-bond donors (Lipinski definition) is 1. The number of nitrogens with zero attached hydrogens (tertiary/aromatic N) is 1. The lowest BCUT2D eigenvalue weighted by atomic mass is 9.87. The molecule has 378 valence electrons. The van der Waals surface area contributed by atoms with Crippen molar-refractivity contribution in [2.24, 2.45) is 0 Å². The first-order valence-corrected chi connectivity index (χ1v) is 28.9. The van der Waals surface area contributed by atoms with Gasteiger partial charge in [-0.25, -0.2) is 0 Å². The van der Waals surface area contributed by atoms with E-state index >= 15 is 0 Å². The molecule has 0 atom stereocenters. The molecule has 2 heteroatoms. The molecular formula is C80H48N2. The molecule has 0 bridgehead atoms. The van der Waals surface area contributed by atoms with Crippen molar-refractivity contribution in [2.45, 2.75) is 12.8 Å². The third-order valence-corrected chi connectivity index (χ3v) is 18.9. The number of aryl methyl sites for hydroxylation is 2. The highest BCUT2D eigenvalue weighted by molar-refractivity contribution is 6.41. The van der Waals surface area contributed by atoms with Gasteiger partial charge in [-0.1, -0.05) is 224 Å². The smallest absolute Gasteiger partial charge is 0.0625 e. The fraction of sp³-hybridized carbons (Fsp3) is 0.0250. The molecule has 1 aliphatic rings. The fourth-order valence-corrected chi connectivity index (χ4v) is 15.3. The summed E-state index contributed by atoms with van der Waals surface area (Å²) < 4.78 is 2.57. The lowest BCUT2D eigenvalue weighted by Gasteiger charge is -2.22. The Bertz CT molecular complexity index is 5690. The molecule has 0 saturated carbocycles. The maximum absolute atomic E-state index is 4.07. The van der Waals surface area contributed by atoms with Crippen LogP contribution in [0.15, 0.2) is 261 Å². The summed E-state index contributed by atoms with van der Waals surface area (Å²) in [6.07, 6.45) is 2.09. The van der Waals surface area contributed by atoms with E-state index < -0.39 is 0 Å². The molecule has 2 aromatic heterocycles. The molecule has 0 radical (unpaired) electrons. The molecule has 0 amide bonds. The second-order valence-corrected chi connectivity index (χ2v) is 23.0. The van der Waals surface area contributed by atoms with Crippen LogP contribution < -0.4 is 0 Å². The molecule has 2 nitrogen and oxygen atoms in total. The molecular weight excluding hydrogens is 989 g/mol. The summed E-state index contributed by atoms with van der Waals surface area (Å²) in [5.41, 5.74) is 17.4. The normalized spacial score (nSPS) is 12.8. The molecule has 16 aromatic carbocycles. The first-order valence-electron chi connectivity index (χ1n) is 28.9. The van der Waals surface area contributed by atoms with Crippen molar-refractivity contribution >= 4 is 130 Å². The Labute approximate surface area is 471 Å². The Balaban J connectivity index is 0.780. The summed E-state index contributed by atoms with van der Waals surface area (Å²) in [5, 5.41) is 27.4. The van der Waals surface area contributed by atoms with Gasteiger partial charge >= 0.3 is 0 Å². The summed E-state index contributed by atoms with van der Waals surface area (Å²) in [7, 11) is 0. The summed E-state index contributed by atoms with van der Waals surface area (Å²) in [6.45, 7) is 0. The molecule has 0 aliphatic heterocycles. The van der Waals surface area contributed by atoms with Crippen molar-refractivity contribution in [3.63, 3.8) is 0 Å². The maximum Gasteiger partial charge on any atom is 0.0625 e. The predicted octanol–water partition coefficient (Wildman–Crippen LogP) is 21.8. The molecule has 1 aliphatic carbocycles. The van der Waals surface area contributed by atoms with Crippen LogP contribution in [0.25, 0.3) is 180 Å². The van der Waals surface area contributed by atoms with Crippen LogP contribution in [-0.4, -0.2) is 9.55 Å². The van der Waals surface area contributed by atoms with Gasteiger partial charge in [0, 0.05) is 49.1 Å². The number of benzene rings is 14. The van der Waals surface area contributed by atoms with Crippen LogP contribution in [0, 0.1) is 0 Å². The Hall–Kier alpha value is -10.5. The molecule has 1 N–H and O–H groups in total. The van der Waals surface area contributed by atoms with Gasteiger partial charge in [0.15, 0.2) is 0 Å². The minimum atomic E-state index is 1.02. The molecule has 19 rings (SSSR count). The number of pyridine rings is 2. The lowest BCUT2D eigenvalue weighted by molar-refractivity contribution is 0.934. The van der Waals surface area contributed by atoms with Crippen LogP contribution in [0.5, 0.6) is 0 Å². The summed E-state index contributed by atoms with van der Waals surface area (Å²) in [5.74, 6) is 0. The molecule has 0 spiro atoms. The van der Waals surface area contributed by atoms with Crippen LogP contribution >= 0.6 is 0 Å². The monoisotopic (exact) mass is 1040 g/mol. The zero-order valence-electron chi connectivity index (χ0n) is 44.7. The lowest BCUT2D eigenvalue weighted by Crippen LogP contribution is -2.03. The fourth-order valence-electron chi connectivity index (χ4n) is 15.3. The van der Waals surface area contributed by atoms with Gasteiger partial charge in [0.05, 0.1) is 16.6 Å². The van der Waals surface area contributed by atoms with Crippen molar-refractivity contribution in [3.8, 4) is 50.2 Å². The van der Waals surface area contributed by atoms with E-state index in [1.165, 1.54) is 185 Å². The van der Waals surface area contributed by atoms with E-state index in [4.69, 9.17) is 0 Å². The van der Waals surface area contributed by atoms with Crippen LogP contribution in [0.4, 0.5) is 0 Å². The molecule has 82 heavy (non-hydrogen) atoms. The topological polar surface area (TPSA) is 20.7 Å². The number of aromatic amines is 1. The Morgan fingerprint density at radius 3 is 1.41 bits per heavy atom. The van der Waals surface area contributed by atoms with E-state index in [1.807, 2.05) is 0 Å². The highest BCUT2D eigenvalue weighted by Gasteiger charge is 2.25. The molecule has 0 saturated heterocycles. The second-order valence-electron chi connectivity index (χ2n) is 23.0. The number of aromatic nitrogens is 2. The van der Waals surface area contributed by atoms with Crippen molar-refractivity contribution in [1.29, 1.82) is 0 Å². The highest BCUT2D eigenvalue weighted by Crippen LogP contribution is 2.51. The van der Waals surface area contributed by atoms with Gasteiger partial charge in [0.25, 0.3) is 0 Å². The maximum atomic E-state index is 4.07. The van der Waals surface area contributed by atoms with E-state index in [0.29, 0.717) is 0 Å². The Kier molecular flexibility index (Phi) is 8.93. The predicted molar refractivity (Wildman–Crippen MR) is 351 cm³/mol. The number of hydrogen-bond acceptors (Lipinski definition) is 0. The van der Waals surface area contributed by atoms with E-state index in [1.54, 1.807) is 0 Å². The first-order chi connectivity index (χ1) is 40.7. The van der Waals surface area contributed by atoms with Gasteiger partial charge in [-0.3, -0.25) is 0 Å². The van der Waals surface area contributed by atoms with Crippen LogP contribution in [0.2, 0.25) is 0 Å². The average Bonchev–Trinajstić information content (AvgIpc) is 1.53. The Morgan fingerprint density at radius 1 is 0.268 bits per heavy atom. The molecule has 0 fully saturated rings. The quantitative estimate of drug-likeness (QED) is 0.131. The highest BCUT2D eigenvalue weighted by atomic mass is 15.0. The van der Waals surface area contributed by atoms with Crippen molar-refractivity contribution < 1.29 is 0 Å². The van der Waals surface area contributed by atoms with E-state index in [2.05, 4.69) is 270 Å². The SMILES string of the molecule is c1ccc(-c2cc3c(cc2-c2ccccc2)c2ccc4c5c(ccc3c25)c2c3ccccc3c3ccccc3c2n4-c2ccc(-c3ccc(-c4ccc5c6ccccc6c6c7ccc8ccc9c8c7c([nH]c6c5c4)CC9)cc3)cc2)cc1. The molecule has 18 aromatic rings. The van der Waals surface area contributed by atoms with Crippen LogP contribution in [-0.2, 0) is 12.8 Å². The van der Waals surface area contributed by atoms with E-state index in [-0.39, 0.29) is 0 Å². The number of nitrogens with one attached hydrogen (secondary N) is 1. The number of H-pyrrole nitrogens is 1. The van der Waals surface area contributed by atoms with Gasteiger partial charge in [-0.15, -0.1) is 0 Å². The summed E-state index contributed by atoms with van der Waals surface area (Å²) in [6, 6.07) is 98.4. The molecule has 0 unspecified atom stereocenters. The van der Waals surface area contributed by atoms with Gasteiger partial charge in [0.2, 0.25) is 0 Å². The largest absolute Gasteiger partial charge is 0.357 e. The van der Waals surface area contributed by atoms with Crippen molar-refractivity contribution in [2.75, 3.05) is 0 Å². The molecule has 2 heterocycles. The zero-order valence-corrected chi connectivity index (χ0v) is 44.7. The average molecular weight is 1040 g/mol. The zero-order chi connectivity index (χ0) is 53.3. The van der Waals surface area contributed by atoms with Gasteiger partial charge < -0.3 is 9.55 Å². The first kappa shape index (κ1) is 44.3. The minimum absolute atomic E-state index is 1.02. The second kappa shape index (κ2) is 16.5. The third kappa shape index (κ3) is 6.02. The van der Waals surface area contributed by atoms with Gasteiger partial charge in [-0.2, -0.15) is 0 Å². The standard InChI is InChI=1S/C80H48N2/c1-3-13-49(14-4-1)66-44-68-61-38-39-65-76-60-21-11-8-17-55(60)57-19-9-12-22-63(57)80(76)82(72-42-40-62(74(61)78(65)72)69(68)45-67(66)50-15-5-2-6-16-50)54-34-29-47(30-35-54)46-23-25-48(26-24-46)53-32-36-58-56-18-7-10-20-59(56)75-64-37-31-51-27-28-52-33-41-71(77(64)73(51)52)81-79(75)70(58)43-53/h1-32,34-40,42-45,81H,33,41H2. The van der Waals surface area contributed by atoms with Crippen LogP contribution in [0.1, 0.15) is 11.3 Å². The minimum Gasteiger partial charge on any atom is -0.357 e. The summed E-state index contributed by atoms with van der Waals surface area (Å²) in [4.78, 5) is 4.07. The van der Waals surface area contributed by atoms with E-state index in [9.17, 15) is 0 Å². The number of fused-ring (bicyclic) bond motifs is 17. The van der Waals surface area contributed by atoms with Crippen LogP contribution in [0.3, 0.4) is 0 Å². The van der Waals surface area contributed by atoms with Crippen molar-refractivity contribution in [3.05, 3.63) is 272 Å². The van der Waals surface area contributed by atoms with Gasteiger partial charge in [0.1, 0.15) is 0 Å². The third-order valence-electron chi connectivity index (χ3n) is 18.9. The number of rotatable bonds is 5. The Morgan fingerprint density at radius 2 is 0.744 bits per heavy atom. The van der Waals surface area contributed by atoms with Crippen molar-refractivity contribution in [1.82, 2.24) is 9.55 Å². The van der Waals surface area contributed by atoms with Gasteiger partial charge in [-0.05, 0) is 175 Å². The van der Waals surface area contributed by atoms with E-state index in [0.717, 1.165) is 18.5 Å². The summed E-state index contributed by atoms with van der Waals surface area (Å²) >= 11 is 0.